The van der Waals surface area contributed by atoms with Gasteiger partial charge in [-0.05, 0) is 42.8 Å². The molecule has 0 aliphatic carbocycles. The number of aryl methyl sites for hydroxylation is 1. The summed E-state index contributed by atoms with van der Waals surface area (Å²) in [5.41, 5.74) is 2.09. The van der Waals surface area contributed by atoms with Crippen LogP contribution in [-0.4, -0.2) is 50.0 Å². The maximum absolute atomic E-state index is 12.2. The molecule has 0 fully saturated rings. The van der Waals surface area contributed by atoms with E-state index in [4.69, 9.17) is 14.2 Å². The Kier molecular flexibility index (Phi) is 8.54. The smallest absolute Gasteiger partial charge is 0.316 e. The lowest BCUT2D eigenvalue weighted by molar-refractivity contribution is -0.139. The van der Waals surface area contributed by atoms with E-state index in [1.165, 1.54) is 20.3 Å². The first kappa shape index (κ1) is 22.3. The Morgan fingerprint density at radius 3 is 2.41 bits per heavy atom. The number of carbonyl (C=O) groups excluding carboxylic acids is 3. The highest BCUT2D eigenvalue weighted by atomic mass is 32.2. The van der Waals surface area contributed by atoms with Crippen LogP contribution in [0, 0.1) is 6.92 Å². The van der Waals surface area contributed by atoms with Crippen molar-refractivity contribution in [2.75, 3.05) is 37.6 Å². The Bertz CT molecular complexity index is 883. The number of amides is 1. The Morgan fingerprint density at radius 2 is 1.72 bits per heavy atom. The van der Waals surface area contributed by atoms with E-state index < -0.39 is 5.97 Å². The summed E-state index contributed by atoms with van der Waals surface area (Å²) in [6.45, 7) is 1.55. The molecule has 1 N–H and O–H groups in total. The zero-order valence-corrected chi connectivity index (χ0v) is 17.3. The van der Waals surface area contributed by atoms with Crippen molar-refractivity contribution < 1.29 is 28.6 Å². The maximum Gasteiger partial charge on any atom is 0.316 e. The first-order valence-electron chi connectivity index (χ1n) is 8.78. The van der Waals surface area contributed by atoms with Crippen molar-refractivity contribution in [2.24, 2.45) is 0 Å². The molecule has 2 aromatic rings. The van der Waals surface area contributed by atoms with Gasteiger partial charge in [-0.15, -0.1) is 11.8 Å². The number of nitrogens with one attached hydrogen (secondary N) is 1. The van der Waals surface area contributed by atoms with Crippen LogP contribution in [0.3, 0.4) is 0 Å². The summed E-state index contributed by atoms with van der Waals surface area (Å²) in [4.78, 5) is 35.9. The van der Waals surface area contributed by atoms with E-state index >= 15 is 0 Å². The molecule has 8 heteroatoms. The monoisotopic (exact) mass is 417 g/mol. The van der Waals surface area contributed by atoms with Crippen LogP contribution in [0.2, 0.25) is 0 Å². The van der Waals surface area contributed by atoms with Gasteiger partial charge >= 0.3 is 5.97 Å². The Morgan fingerprint density at radius 1 is 0.966 bits per heavy atom. The molecule has 7 nitrogen and oxygen atoms in total. The van der Waals surface area contributed by atoms with Crippen molar-refractivity contribution in [3.05, 3.63) is 53.6 Å². The number of anilines is 1. The quantitative estimate of drug-likeness (QED) is 0.469. The number of methoxy groups -OCH3 is 2. The van der Waals surface area contributed by atoms with Crippen LogP contribution in [0.15, 0.2) is 42.5 Å². The molecule has 2 rings (SSSR count). The van der Waals surface area contributed by atoms with E-state index in [-0.39, 0.29) is 29.8 Å². The molecule has 0 atom stereocenters. The number of benzene rings is 2. The summed E-state index contributed by atoms with van der Waals surface area (Å²) in [5.74, 6) is -0.141. The lowest BCUT2D eigenvalue weighted by Crippen LogP contribution is -2.18. The van der Waals surface area contributed by atoms with Gasteiger partial charge < -0.3 is 19.5 Å². The highest BCUT2D eigenvalue weighted by Gasteiger charge is 2.14. The Hall–Kier alpha value is -3.00. The number of carbonyl (C=O) groups is 3. The second-order valence-corrected chi connectivity index (χ2v) is 7.05. The van der Waals surface area contributed by atoms with Gasteiger partial charge in [-0.25, -0.2) is 0 Å². The van der Waals surface area contributed by atoms with Crippen molar-refractivity contribution in [2.45, 2.75) is 6.92 Å². The molecule has 0 spiro atoms. The largest absolute Gasteiger partial charge is 0.493 e. The number of rotatable bonds is 10. The van der Waals surface area contributed by atoms with Crippen LogP contribution in [0.5, 0.6) is 11.5 Å². The molecule has 0 heterocycles. The molecular weight excluding hydrogens is 394 g/mol. The number of thioether (sulfide) groups is 1. The van der Waals surface area contributed by atoms with Gasteiger partial charge in [0, 0.05) is 11.3 Å². The first-order chi connectivity index (χ1) is 13.9. The van der Waals surface area contributed by atoms with E-state index in [2.05, 4.69) is 5.32 Å². The molecule has 154 valence electrons. The molecular formula is C21H23NO6S. The summed E-state index contributed by atoms with van der Waals surface area (Å²) < 4.78 is 15.3. The summed E-state index contributed by atoms with van der Waals surface area (Å²) in [7, 11) is 2.97. The molecule has 29 heavy (non-hydrogen) atoms. The van der Waals surface area contributed by atoms with Crippen molar-refractivity contribution in [1.82, 2.24) is 0 Å². The highest BCUT2D eigenvalue weighted by molar-refractivity contribution is 8.00. The summed E-state index contributed by atoms with van der Waals surface area (Å²) in [6.07, 6.45) is 0. The average Bonchev–Trinajstić information content (AvgIpc) is 2.71. The van der Waals surface area contributed by atoms with Crippen LogP contribution >= 0.6 is 11.8 Å². The topological polar surface area (TPSA) is 90.9 Å². The number of ether oxygens (including phenoxy) is 3. The van der Waals surface area contributed by atoms with E-state index in [9.17, 15) is 14.4 Å². The standard InChI is InChI=1S/C21H23NO6S/c1-14-5-4-6-16(9-14)22-20(24)12-29-13-21(25)28-11-17(23)15-7-8-18(26-2)19(10-15)27-3/h4-10H,11-13H2,1-3H3,(H,22,24). The van der Waals surface area contributed by atoms with Gasteiger partial charge in [0.05, 0.1) is 25.7 Å². The fourth-order valence-corrected chi connectivity index (χ4v) is 3.04. The van der Waals surface area contributed by atoms with Crippen LogP contribution < -0.4 is 14.8 Å². The van der Waals surface area contributed by atoms with Crippen LogP contribution in [0.4, 0.5) is 5.69 Å². The summed E-state index contributed by atoms with van der Waals surface area (Å²) in [6, 6.07) is 12.1. The minimum Gasteiger partial charge on any atom is -0.493 e. The average molecular weight is 417 g/mol. The third-order valence-corrected chi connectivity index (χ3v) is 4.73. The van der Waals surface area contributed by atoms with Crippen molar-refractivity contribution >= 4 is 35.1 Å². The van der Waals surface area contributed by atoms with E-state index in [0.717, 1.165) is 17.3 Å². The summed E-state index contributed by atoms with van der Waals surface area (Å²) in [5, 5.41) is 2.76. The Balaban J connectivity index is 1.72. The highest BCUT2D eigenvalue weighted by Crippen LogP contribution is 2.27. The summed E-state index contributed by atoms with van der Waals surface area (Å²) >= 11 is 1.12. The van der Waals surface area contributed by atoms with Gasteiger partial charge in [-0.2, -0.15) is 0 Å². The van der Waals surface area contributed by atoms with Gasteiger partial charge in [0.1, 0.15) is 0 Å². The van der Waals surface area contributed by atoms with Gasteiger partial charge in [0.2, 0.25) is 5.91 Å². The second-order valence-electron chi connectivity index (χ2n) is 6.06. The lowest BCUT2D eigenvalue weighted by atomic mass is 10.1. The molecule has 0 aliphatic rings. The third-order valence-electron chi connectivity index (χ3n) is 3.82. The van der Waals surface area contributed by atoms with E-state index in [1.54, 1.807) is 18.2 Å². The zero-order valence-electron chi connectivity index (χ0n) is 16.5. The number of hydrogen-bond donors (Lipinski definition) is 1. The first-order valence-corrected chi connectivity index (χ1v) is 9.93. The molecule has 0 unspecified atom stereocenters. The zero-order chi connectivity index (χ0) is 21.2. The molecule has 0 saturated carbocycles. The van der Waals surface area contributed by atoms with Crippen LogP contribution in [0.25, 0.3) is 0 Å². The van der Waals surface area contributed by atoms with E-state index in [0.29, 0.717) is 22.7 Å². The number of hydrogen-bond acceptors (Lipinski definition) is 7. The molecule has 2 aromatic carbocycles. The molecule has 0 radical (unpaired) electrons. The maximum atomic E-state index is 12.2. The number of esters is 1. The Labute approximate surface area is 173 Å². The van der Waals surface area contributed by atoms with Crippen molar-refractivity contribution in [1.29, 1.82) is 0 Å². The van der Waals surface area contributed by atoms with Crippen molar-refractivity contribution in [3.63, 3.8) is 0 Å². The normalized spacial score (nSPS) is 10.2. The van der Waals surface area contributed by atoms with Gasteiger partial charge in [-0.3, -0.25) is 14.4 Å². The SMILES string of the molecule is COc1ccc(C(=O)COC(=O)CSCC(=O)Nc2cccc(C)c2)cc1OC. The van der Waals surface area contributed by atoms with E-state index in [1.807, 2.05) is 25.1 Å². The third kappa shape index (κ3) is 7.15. The van der Waals surface area contributed by atoms with Crippen molar-refractivity contribution in [3.8, 4) is 11.5 Å². The minimum atomic E-state index is -0.563. The van der Waals surface area contributed by atoms with Gasteiger partial charge in [0.15, 0.2) is 23.9 Å². The second kappa shape index (κ2) is 11.1. The molecule has 0 aliphatic heterocycles. The molecule has 0 aromatic heterocycles. The number of ketones is 1. The molecule has 1 amide bonds. The fourth-order valence-electron chi connectivity index (χ4n) is 2.43. The lowest BCUT2D eigenvalue weighted by Gasteiger charge is -2.09. The van der Waals surface area contributed by atoms with Gasteiger partial charge in [0.25, 0.3) is 0 Å². The van der Waals surface area contributed by atoms with Gasteiger partial charge in [-0.1, -0.05) is 12.1 Å². The van der Waals surface area contributed by atoms with Crippen LogP contribution in [-0.2, 0) is 14.3 Å². The van der Waals surface area contributed by atoms with Crippen LogP contribution in [0.1, 0.15) is 15.9 Å². The fraction of sp³-hybridized carbons (Fsp3) is 0.286. The predicted octanol–water partition coefficient (Wildman–Crippen LogP) is 3.11. The number of Topliss-reactive ketones (excluding diaryl/α,β-unsaturated/α-hetero) is 1. The predicted molar refractivity (Wildman–Crippen MR) is 112 cm³/mol. The molecule has 0 saturated heterocycles. The molecule has 0 bridgehead atoms. The minimum absolute atomic E-state index is 0.0273.